The van der Waals surface area contributed by atoms with E-state index in [4.69, 9.17) is 22.1 Å². The van der Waals surface area contributed by atoms with E-state index in [-0.39, 0.29) is 0 Å². The third-order valence-corrected chi connectivity index (χ3v) is 3.68. The van der Waals surface area contributed by atoms with Crippen molar-refractivity contribution >= 4 is 34.7 Å². The van der Waals surface area contributed by atoms with Crippen molar-refractivity contribution in [2.45, 2.75) is 18.9 Å². The number of pyridine rings is 1. The van der Waals surface area contributed by atoms with Gasteiger partial charge in [0.05, 0.1) is 23.8 Å². The van der Waals surface area contributed by atoms with Crippen LogP contribution in [0.2, 0.25) is 5.02 Å². The normalized spacial score (nSPS) is 15.5. The molecule has 0 aliphatic carbocycles. The van der Waals surface area contributed by atoms with Gasteiger partial charge in [0.25, 0.3) is 0 Å². The average molecular weight is 321 g/mol. The number of nitrogens with zero attached hydrogens (tertiary/aromatic N) is 3. The fourth-order valence-electron chi connectivity index (χ4n) is 2.20. The fourth-order valence-corrected chi connectivity index (χ4v) is 2.34. The smallest absolute Gasteiger partial charge is 0.224 e. The Labute approximate surface area is 133 Å². The Morgan fingerprint density at radius 1 is 1.27 bits per heavy atom. The standard InChI is InChI=1S/C14H17ClN6O/c15-10-7-18-14(19-9-2-5-22-6-3-9)21-13(10)20-12-1-4-17-8-11(12)16/h1,4,7-9H,2-3,5-6,16H2,(H2,17,18,19,20,21). The third-order valence-electron chi connectivity index (χ3n) is 3.40. The third kappa shape index (κ3) is 3.55. The molecule has 3 heterocycles. The lowest BCUT2D eigenvalue weighted by Crippen LogP contribution is -2.28. The number of halogens is 1. The van der Waals surface area contributed by atoms with Gasteiger partial charge in [-0.05, 0) is 18.9 Å². The number of nitrogen functional groups attached to an aromatic ring is 1. The van der Waals surface area contributed by atoms with Crippen molar-refractivity contribution in [2.75, 3.05) is 29.6 Å². The molecule has 3 rings (SSSR count). The summed E-state index contributed by atoms with van der Waals surface area (Å²) in [5.41, 5.74) is 7.09. The molecule has 1 saturated heterocycles. The van der Waals surface area contributed by atoms with Crippen molar-refractivity contribution < 1.29 is 4.74 Å². The van der Waals surface area contributed by atoms with E-state index in [1.807, 2.05) is 0 Å². The van der Waals surface area contributed by atoms with Crippen molar-refractivity contribution in [3.8, 4) is 0 Å². The summed E-state index contributed by atoms with van der Waals surface area (Å²) < 4.78 is 5.34. The second kappa shape index (κ2) is 6.76. The van der Waals surface area contributed by atoms with Crippen LogP contribution in [0.5, 0.6) is 0 Å². The number of nitrogens with two attached hydrogens (primary N) is 1. The van der Waals surface area contributed by atoms with Crippen molar-refractivity contribution in [1.29, 1.82) is 0 Å². The molecule has 0 saturated carbocycles. The summed E-state index contributed by atoms with van der Waals surface area (Å²) in [5.74, 6) is 1.04. The van der Waals surface area contributed by atoms with Gasteiger partial charge >= 0.3 is 0 Å². The minimum Gasteiger partial charge on any atom is -0.396 e. The summed E-state index contributed by atoms with van der Waals surface area (Å²) in [5, 5.41) is 6.83. The van der Waals surface area contributed by atoms with Crippen molar-refractivity contribution in [1.82, 2.24) is 15.0 Å². The van der Waals surface area contributed by atoms with E-state index >= 15 is 0 Å². The topological polar surface area (TPSA) is 98.0 Å². The van der Waals surface area contributed by atoms with Crippen molar-refractivity contribution in [3.63, 3.8) is 0 Å². The first-order valence-corrected chi connectivity index (χ1v) is 7.43. The predicted molar refractivity (Wildman–Crippen MR) is 86.4 cm³/mol. The van der Waals surface area contributed by atoms with E-state index < -0.39 is 0 Å². The number of rotatable bonds is 4. The van der Waals surface area contributed by atoms with Gasteiger partial charge in [-0.3, -0.25) is 4.98 Å². The lowest BCUT2D eigenvalue weighted by atomic mass is 10.1. The Hall–Kier alpha value is -2.12. The lowest BCUT2D eigenvalue weighted by molar-refractivity contribution is 0.0903. The molecule has 2 aromatic heterocycles. The maximum Gasteiger partial charge on any atom is 0.224 e. The molecule has 0 radical (unpaired) electrons. The Balaban J connectivity index is 1.76. The number of anilines is 4. The van der Waals surface area contributed by atoms with Crippen LogP contribution >= 0.6 is 11.6 Å². The maximum atomic E-state index is 6.15. The van der Waals surface area contributed by atoms with Crippen LogP contribution in [0, 0.1) is 0 Å². The lowest BCUT2D eigenvalue weighted by Gasteiger charge is -2.23. The van der Waals surface area contributed by atoms with Crippen LogP contribution in [0.3, 0.4) is 0 Å². The van der Waals surface area contributed by atoms with E-state index in [1.165, 1.54) is 0 Å². The highest BCUT2D eigenvalue weighted by Gasteiger charge is 2.15. The van der Waals surface area contributed by atoms with Crippen LogP contribution in [0.15, 0.2) is 24.7 Å². The van der Waals surface area contributed by atoms with Gasteiger partial charge in [-0.25, -0.2) is 4.98 Å². The number of hydrogen-bond donors (Lipinski definition) is 3. The molecule has 7 nitrogen and oxygen atoms in total. The molecule has 0 atom stereocenters. The molecule has 2 aromatic rings. The zero-order valence-corrected chi connectivity index (χ0v) is 12.7. The van der Waals surface area contributed by atoms with E-state index in [1.54, 1.807) is 24.7 Å². The largest absolute Gasteiger partial charge is 0.396 e. The molecule has 1 aliphatic rings. The van der Waals surface area contributed by atoms with E-state index in [9.17, 15) is 0 Å². The fraction of sp³-hybridized carbons (Fsp3) is 0.357. The monoisotopic (exact) mass is 320 g/mol. The van der Waals surface area contributed by atoms with Crippen molar-refractivity contribution in [3.05, 3.63) is 29.7 Å². The highest BCUT2D eigenvalue weighted by molar-refractivity contribution is 6.32. The second-order valence-corrected chi connectivity index (χ2v) is 5.42. The summed E-state index contributed by atoms with van der Waals surface area (Å²) in [6, 6.07) is 2.08. The molecule has 0 spiro atoms. The minimum absolute atomic E-state index is 0.314. The Morgan fingerprint density at radius 3 is 2.86 bits per heavy atom. The summed E-state index contributed by atoms with van der Waals surface area (Å²) >= 11 is 6.15. The molecule has 22 heavy (non-hydrogen) atoms. The molecular weight excluding hydrogens is 304 g/mol. The molecule has 1 aliphatic heterocycles. The first-order valence-electron chi connectivity index (χ1n) is 7.05. The van der Waals surface area contributed by atoms with Crippen LogP contribution in [-0.4, -0.2) is 34.2 Å². The highest BCUT2D eigenvalue weighted by Crippen LogP contribution is 2.26. The van der Waals surface area contributed by atoms with Crippen molar-refractivity contribution in [2.24, 2.45) is 0 Å². The first kappa shape index (κ1) is 14.8. The summed E-state index contributed by atoms with van der Waals surface area (Å²) in [4.78, 5) is 12.6. The molecule has 1 fully saturated rings. The SMILES string of the molecule is Nc1cnccc1Nc1nc(NC2CCOCC2)ncc1Cl. The highest BCUT2D eigenvalue weighted by atomic mass is 35.5. The van der Waals surface area contributed by atoms with Gasteiger partial charge in [0.15, 0.2) is 5.82 Å². The van der Waals surface area contributed by atoms with E-state index in [2.05, 4.69) is 25.6 Å². The summed E-state index contributed by atoms with van der Waals surface area (Å²) in [7, 11) is 0. The van der Waals surface area contributed by atoms with Crippen LogP contribution in [0.1, 0.15) is 12.8 Å². The molecule has 8 heteroatoms. The number of aromatic nitrogens is 3. The minimum atomic E-state index is 0.314. The first-order chi connectivity index (χ1) is 10.7. The van der Waals surface area contributed by atoms with Crippen LogP contribution < -0.4 is 16.4 Å². The van der Waals surface area contributed by atoms with Gasteiger partial charge in [-0.1, -0.05) is 11.6 Å². The van der Waals surface area contributed by atoms with Gasteiger partial charge < -0.3 is 21.1 Å². The number of ether oxygens (including phenoxy) is 1. The molecule has 116 valence electrons. The zero-order chi connectivity index (χ0) is 15.4. The van der Waals surface area contributed by atoms with Gasteiger partial charge in [0.1, 0.15) is 5.02 Å². The van der Waals surface area contributed by atoms with Gasteiger partial charge in [-0.15, -0.1) is 0 Å². The van der Waals surface area contributed by atoms with Crippen LogP contribution in [-0.2, 0) is 4.74 Å². The van der Waals surface area contributed by atoms with Gasteiger partial charge in [-0.2, -0.15) is 4.98 Å². The zero-order valence-electron chi connectivity index (χ0n) is 11.9. The second-order valence-electron chi connectivity index (χ2n) is 5.01. The predicted octanol–water partition coefficient (Wildman–Crippen LogP) is 2.44. The molecule has 0 amide bonds. The van der Waals surface area contributed by atoms with Gasteiger partial charge in [0.2, 0.25) is 5.95 Å². The quantitative estimate of drug-likeness (QED) is 0.795. The van der Waals surface area contributed by atoms with Gasteiger partial charge in [0, 0.05) is 25.5 Å². The molecule has 4 N–H and O–H groups in total. The summed E-state index contributed by atoms with van der Waals surface area (Å²) in [6.45, 7) is 1.51. The Kier molecular flexibility index (Phi) is 4.55. The number of hydrogen-bond acceptors (Lipinski definition) is 7. The van der Waals surface area contributed by atoms with E-state index in [0.717, 1.165) is 26.1 Å². The summed E-state index contributed by atoms with van der Waals surface area (Å²) in [6.07, 6.45) is 6.65. The van der Waals surface area contributed by atoms with E-state index in [0.29, 0.717) is 34.2 Å². The molecule has 0 unspecified atom stereocenters. The van der Waals surface area contributed by atoms with Crippen LogP contribution in [0.4, 0.5) is 23.1 Å². The molecular formula is C14H17ClN6O. The Bertz CT molecular complexity index is 647. The molecule has 0 aromatic carbocycles. The average Bonchev–Trinajstić information content (AvgIpc) is 2.54. The van der Waals surface area contributed by atoms with Crippen LogP contribution in [0.25, 0.3) is 0 Å². The number of nitrogens with one attached hydrogen (secondary N) is 2. The molecule has 0 bridgehead atoms. The maximum absolute atomic E-state index is 6.15. The Morgan fingerprint density at radius 2 is 2.09 bits per heavy atom.